The number of methoxy groups -OCH3 is 1. The quantitative estimate of drug-likeness (QED) is 0.851. The van der Waals surface area contributed by atoms with E-state index in [2.05, 4.69) is 0 Å². The molecule has 0 saturated carbocycles. The molecule has 0 aromatic heterocycles. The van der Waals surface area contributed by atoms with Crippen LogP contribution < -0.4 is 14.4 Å². The number of amides is 1. The molecule has 3 rings (SSSR count). The van der Waals surface area contributed by atoms with Crippen LogP contribution in [0.4, 0.5) is 10.5 Å². The molecule has 5 nitrogen and oxygen atoms in total. The molecule has 22 heavy (non-hydrogen) atoms. The molecule has 1 fully saturated rings. The number of benzene rings is 2. The molecule has 1 saturated heterocycles. The number of carbonyl (C=O) groups excluding carboxylic acids is 1. The second kappa shape index (κ2) is 6.39. The molecule has 1 aliphatic heterocycles. The third kappa shape index (κ3) is 3.14. The first-order valence-corrected chi connectivity index (χ1v) is 7.06. The van der Waals surface area contributed by atoms with E-state index in [9.17, 15) is 4.79 Å². The van der Waals surface area contributed by atoms with Crippen LogP contribution in [0.1, 0.15) is 0 Å². The monoisotopic (exact) mass is 299 g/mol. The lowest BCUT2D eigenvalue weighted by molar-refractivity contribution is 0.105. The summed E-state index contributed by atoms with van der Waals surface area (Å²) < 4.78 is 16.1. The molecular weight excluding hydrogens is 282 g/mol. The Labute approximate surface area is 129 Å². The standard InChI is InChI=1S/C17H17NO4/c1-20-14-7-9-15(10-8-14)21-12-16-11-18(17(19)22-16)13-5-3-2-4-6-13/h2-10,16H,11-12H2,1H3. The van der Waals surface area contributed by atoms with Crippen LogP contribution in [-0.2, 0) is 4.74 Å². The Balaban J connectivity index is 1.57. The lowest BCUT2D eigenvalue weighted by Gasteiger charge is -2.13. The van der Waals surface area contributed by atoms with E-state index < -0.39 is 0 Å². The fourth-order valence-electron chi connectivity index (χ4n) is 2.29. The first-order valence-electron chi connectivity index (χ1n) is 7.06. The van der Waals surface area contributed by atoms with E-state index in [1.165, 1.54) is 0 Å². The predicted octanol–water partition coefficient (Wildman–Crippen LogP) is 3.10. The van der Waals surface area contributed by atoms with Gasteiger partial charge in [-0.25, -0.2) is 4.79 Å². The first-order chi connectivity index (χ1) is 10.8. The van der Waals surface area contributed by atoms with Gasteiger partial charge >= 0.3 is 6.09 Å². The van der Waals surface area contributed by atoms with Gasteiger partial charge in [0.2, 0.25) is 0 Å². The Morgan fingerprint density at radius 3 is 2.45 bits per heavy atom. The largest absolute Gasteiger partial charge is 0.497 e. The van der Waals surface area contributed by atoms with Crippen molar-refractivity contribution < 1.29 is 19.0 Å². The van der Waals surface area contributed by atoms with Crippen LogP contribution in [0.2, 0.25) is 0 Å². The molecule has 114 valence electrons. The SMILES string of the molecule is COc1ccc(OCC2CN(c3ccccc3)C(=O)O2)cc1. The third-order valence-corrected chi connectivity index (χ3v) is 3.44. The number of carbonyl (C=O) groups is 1. The normalized spacial score (nSPS) is 17.2. The van der Waals surface area contributed by atoms with Crippen molar-refractivity contribution in [3.05, 3.63) is 54.6 Å². The van der Waals surface area contributed by atoms with Crippen molar-refractivity contribution in [1.82, 2.24) is 0 Å². The van der Waals surface area contributed by atoms with Gasteiger partial charge in [-0.3, -0.25) is 4.90 Å². The van der Waals surface area contributed by atoms with Crippen molar-refractivity contribution >= 4 is 11.8 Å². The van der Waals surface area contributed by atoms with Gasteiger partial charge in [-0.15, -0.1) is 0 Å². The zero-order valence-corrected chi connectivity index (χ0v) is 12.3. The number of cyclic esters (lactones) is 1. The van der Waals surface area contributed by atoms with Crippen molar-refractivity contribution in [3.8, 4) is 11.5 Å². The molecule has 2 aromatic carbocycles. The summed E-state index contributed by atoms with van der Waals surface area (Å²) in [5, 5.41) is 0. The highest BCUT2D eigenvalue weighted by Gasteiger charge is 2.32. The minimum Gasteiger partial charge on any atom is -0.497 e. The van der Waals surface area contributed by atoms with Crippen molar-refractivity contribution in [2.45, 2.75) is 6.10 Å². The van der Waals surface area contributed by atoms with E-state index in [1.54, 1.807) is 12.0 Å². The van der Waals surface area contributed by atoms with Gasteiger partial charge < -0.3 is 14.2 Å². The Bertz CT molecular complexity index is 627. The van der Waals surface area contributed by atoms with Crippen molar-refractivity contribution in [3.63, 3.8) is 0 Å². The van der Waals surface area contributed by atoms with Crippen molar-refractivity contribution in [2.24, 2.45) is 0 Å². The molecule has 0 spiro atoms. The molecule has 1 unspecified atom stereocenters. The van der Waals surface area contributed by atoms with E-state index in [0.717, 1.165) is 17.2 Å². The Morgan fingerprint density at radius 2 is 1.77 bits per heavy atom. The van der Waals surface area contributed by atoms with Crippen LogP contribution in [0.5, 0.6) is 11.5 Å². The average molecular weight is 299 g/mol. The smallest absolute Gasteiger partial charge is 0.414 e. The summed E-state index contributed by atoms with van der Waals surface area (Å²) in [5.41, 5.74) is 0.833. The summed E-state index contributed by atoms with van der Waals surface area (Å²) in [7, 11) is 1.62. The first kappa shape index (κ1) is 14.3. The summed E-state index contributed by atoms with van der Waals surface area (Å²) in [5.74, 6) is 1.49. The summed E-state index contributed by atoms with van der Waals surface area (Å²) in [6.07, 6.45) is -0.621. The second-order valence-corrected chi connectivity index (χ2v) is 4.94. The lowest BCUT2D eigenvalue weighted by atomic mass is 10.3. The molecule has 2 aromatic rings. The van der Waals surface area contributed by atoms with Gasteiger partial charge in [0.25, 0.3) is 0 Å². The molecule has 1 heterocycles. The minimum atomic E-state index is -0.338. The van der Waals surface area contributed by atoms with Crippen LogP contribution in [0.25, 0.3) is 0 Å². The van der Waals surface area contributed by atoms with Crippen LogP contribution in [0.3, 0.4) is 0 Å². The molecule has 1 atom stereocenters. The van der Waals surface area contributed by atoms with Crippen LogP contribution >= 0.6 is 0 Å². The van der Waals surface area contributed by atoms with Crippen molar-refractivity contribution in [1.29, 1.82) is 0 Å². The number of hydrogen-bond acceptors (Lipinski definition) is 4. The number of rotatable bonds is 5. The van der Waals surface area contributed by atoms with Crippen LogP contribution in [-0.4, -0.2) is 32.5 Å². The highest BCUT2D eigenvalue weighted by Crippen LogP contribution is 2.22. The van der Waals surface area contributed by atoms with Gasteiger partial charge in [-0.1, -0.05) is 18.2 Å². The maximum Gasteiger partial charge on any atom is 0.414 e. The third-order valence-electron chi connectivity index (χ3n) is 3.44. The molecule has 0 bridgehead atoms. The van der Waals surface area contributed by atoms with Gasteiger partial charge in [0.05, 0.1) is 13.7 Å². The minimum absolute atomic E-state index is 0.283. The zero-order valence-electron chi connectivity index (χ0n) is 12.3. The van der Waals surface area contributed by atoms with Gasteiger partial charge in [0.15, 0.2) is 6.10 Å². The Hall–Kier alpha value is -2.69. The summed E-state index contributed by atoms with van der Waals surface area (Å²) in [6.45, 7) is 0.806. The topological polar surface area (TPSA) is 48.0 Å². The molecule has 1 amide bonds. The molecule has 0 N–H and O–H groups in total. The van der Waals surface area contributed by atoms with E-state index in [-0.39, 0.29) is 12.2 Å². The van der Waals surface area contributed by atoms with Crippen molar-refractivity contribution in [2.75, 3.05) is 25.2 Å². The Kier molecular flexibility index (Phi) is 4.14. The molecule has 1 aliphatic rings. The van der Waals surface area contributed by atoms with Gasteiger partial charge in [0, 0.05) is 5.69 Å². The maximum atomic E-state index is 11.9. The number of ether oxygens (including phenoxy) is 3. The van der Waals surface area contributed by atoms with E-state index in [0.29, 0.717) is 13.2 Å². The summed E-state index contributed by atoms with van der Waals surface area (Å²) in [4.78, 5) is 13.5. The number of para-hydroxylation sites is 1. The maximum absolute atomic E-state index is 11.9. The number of hydrogen-bond donors (Lipinski definition) is 0. The molecule has 0 aliphatic carbocycles. The zero-order chi connectivity index (χ0) is 15.4. The summed E-state index contributed by atoms with van der Waals surface area (Å²) >= 11 is 0. The lowest BCUT2D eigenvalue weighted by Crippen LogP contribution is -2.26. The molecule has 5 heteroatoms. The highest BCUT2D eigenvalue weighted by molar-refractivity contribution is 5.89. The van der Waals surface area contributed by atoms with Gasteiger partial charge in [-0.2, -0.15) is 0 Å². The molecule has 0 radical (unpaired) electrons. The fraction of sp³-hybridized carbons (Fsp3) is 0.235. The van der Waals surface area contributed by atoms with Gasteiger partial charge in [0.1, 0.15) is 18.1 Å². The number of nitrogens with zero attached hydrogens (tertiary/aromatic N) is 1. The summed E-state index contributed by atoms with van der Waals surface area (Å²) in [6, 6.07) is 16.8. The predicted molar refractivity (Wildman–Crippen MR) is 82.5 cm³/mol. The Morgan fingerprint density at radius 1 is 1.09 bits per heavy atom. The van der Waals surface area contributed by atoms with Crippen LogP contribution in [0.15, 0.2) is 54.6 Å². The van der Waals surface area contributed by atoms with E-state index >= 15 is 0 Å². The van der Waals surface area contributed by atoms with Gasteiger partial charge in [-0.05, 0) is 36.4 Å². The second-order valence-electron chi connectivity index (χ2n) is 4.94. The number of anilines is 1. The molecular formula is C17H17NO4. The average Bonchev–Trinajstić information content (AvgIpc) is 2.95. The highest BCUT2D eigenvalue weighted by atomic mass is 16.6. The van der Waals surface area contributed by atoms with E-state index in [4.69, 9.17) is 14.2 Å². The van der Waals surface area contributed by atoms with E-state index in [1.807, 2.05) is 54.6 Å². The van der Waals surface area contributed by atoms with Crippen LogP contribution in [0, 0.1) is 0 Å². The fourth-order valence-corrected chi connectivity index (χ4v) is 2.29.